The molecular formula is C21H18ClN5O3S. The van der Waals surface area contributed by atoms with Gasteiger partial charge in [0.25, 0.3) is 5.91 Å². The van der Waals surface area contributed by atoms with E-state index in [1.807, 2.05) is 37.3 Å². The van der Waals surface area contributed by atoms with Crippen LogP contribution >= 0.6 is 22.9 Å². The maximum Gasteiger partial charge on any atom is 0.320 e. The summed E-state index contributed by atoms with van der Waals surface area (Å²) in [5.74, 6) is -0.173. The number of hydrogen-bond acceptors (Lipinski definition) is 8. The molecule has 4 rings (SSSR count). The highest BCUT2D eigenvalue weighted by Gasteiger charge is 2.25. The van der Waals surface area contributed by atoms with Crippen molar-refractivity contribution in [3.8, 4) is 11.9 Å². The van der Waals surface area contributed by atoms with Gasteiger partial charge in [-0.2, -0.15) is 9.97 Å². The fraction of sp³-hybridized carbons (Fsp3) is 0.190. The van der Waals surface area contributed by atoms with Gasteiger partial charge in [0.05, 0.1) is 41.7 Å². The van der Waals surface area contributed by atoms with Gasteiger partial charge in [-0.15, -0.1) is 0 Å². The Labute approximate surface area is 187 Å². The van der Waals surface area contributed by atoms with E-state index >= 15 is 0 Å². The Kier molecular flexibility index (Phi) is 5.97. The number of rotatable bonds is 6. The van der Waals surface area contributed by atoms with Gasteiger partial charge in [-0.05, 0) is 30.7 Å². The van der Waals surface area contributed by atoms with E-state index in [1.54, 1.807) is 6.20 Å². The van der Waals surface area contributed by atoms with Crippen LogP contribution in [0.4, 0.5) is 5.13 Å². The number of benzene rings is 1. The number of ether oxygens (including phenoxy) is 2. The summed E-state index contributed by atoms with van der Waals surface area (Å²) < 4.78 is 11.1. The first-order valence-corrected chi connectivity index (χ1v) is 10.4. The molecule has 31 heavy (non-hydrogen) atoms. The molecule has 0 bridgehead atoms. The molecule has 0 N–H and O–H groups in total. The number of carbonyl (C=O) groups is 1. The van der Waals surface area contributed by atoms with E-state index < -0.39 is 5.91 Å². The first-order chi connectivity index (χ1) is 15.0. The molecule has 4 aromatic rings. The van der Waals surface area contributed by atoms with Crippen molar-refractivity contribution in [2.45, 2.75) is 13.5 Å². The van der Waals surface area contributed by atoms with E-state index in [-0.39, 0.29) is 24.1 Å². The van der Waals surface area contributed by atoms with E-state index in [4.69, 9.17) is 26.1 Å². The monoisotopic (exact) mass is 455 g/mol. The van der Waals surface area contributed by atoms with Crippen LogP contribution in [0, 0.1) is 6.92 Å². The Balaban J connectivity index is 1.83. The summed E-state index contributed by atoms with van der Waals surface area (Å²) in [6.45, 7) is 2.15. The zero-order chi connectivity index (χ0) is 22.0. The zero-order valence-electron chi connectivity index (χ0n) is 17.0. The summed E-state index contributed by atoms with van der Waals surface area (Å²) in [5, 5.41) is 1.07. The second-order valence-corrected chi connectivity index (χ2v) is 7.92. The van der Waals surface area contributed by atoms with Crippen molar-refractivity contribution in [1.29, 1.82) is 0 Å². The van der Waals surface area contributed by atoms with E-state index in [0.29, 0.717) is 15.8 Å². The fourth-order valence-corrected chi connectivity index (χ4v) is 4.25. The van der Waals surface area contributed by atoms with E-state index in [0.717, 1.165) is 15.8 Å². The lowest BCUT2D eigenvalue weighted by Gasteiger charge is -2.19. The van der Waals surface area contributed by atoms with Gasteiger partial charge in [0.2, 0.25) is 5.88 Å². The molecule has 8 nitrogen and oxygen atoms in total. The Morgan fingerprint density at radius 1 is 1.13 bits per heavy atom. The predicted octanol–water partition coefficient (Wildman–Crippen LogP) is 4.31. The third-order valence-corrected chi connectivity index (χ3v) is 6.04. The fourth-order valence-electron chi connectivity index (χ4n) is 2.93. The maximum absolute atomic E-state index is 13.6. The zero-order valence-corrected chi connectivity index (χ0v) is 18.6. The van der Waals surface area contributed by atoms with Crippen LogP contribution in [0.1, 0.15) is 21.7 Å². The van der Waals surface area contributed by atoms with Gasteiger partial charge >= 0.3 is 6.01 Å². The summed E-state index contributed by atoms with van der Waals surface area (Å²) in [6.07, 6.45) is 1.67. The Bertz CT molecular complexity index is 1190. The largest absolute Gasteiger partial charge is 0.481 e. The Morgan fingerprint density at radius 2 is 1.97 bits per heavy atom. The van der Waals surface area contributed by atoms with Crippen LogP contribution in [0.25, 0.3) is 10.2 Å². The number of halogens is 1. The molecule has 0 aliphatic carbocycles. The lowest BCUT2D eigenvalue weighted by molar-refractivity contribution is 0.0978. The first-order valence-electron chi connectivity index (χ1n) is 9.24. The summed E-state index contributed by atoms with van der Waals surface area (Å²) >= 11 is 7.72. The van der Waals surface area contributed by atoms with Gasteiger partial charge in [-0.25, -0.2) is 4.98 Å². The molecule has 0 saturated heterocycles. The van der Waals surface area contributed by atoms with Crippen LogP contribution in [-0.2, 0) is 6.54 Å². The second kappa shape index (κ2) is 8.83. The molecule has 0 unspecified atom stereocenters. The summed E-state index contributed by atoms with van der Waals surface area (Å²) in [4.78, 5) is 32.4. The SMILES string of the molecule is COc1cc(C(=O)N(Cc2ccccn2)c2nc3c(C)ccc(Cl)c3s2)nc(OC)n1. The van der Waals surface area contributed by atoms with Crippen LogP contribution in [0.2, 0.25) is 5.02 Å². The van der Waals surface area contributed by atoms with Gasteiger partial charge < -0.3 is 9.47 Å². The molecule has 3 heterocycles. The highest BCUT2D eigenvalue weighted by Crippen LogP contribution is 2.36. The lowest BCUT2D eigenvalue weighted by atomic mass is 10.2. The lowest BCUT2D eigenvalue weighted by Crippen LogP contribution is -2.31. The first kappa shape index (κ1) is 21.0. The third kappa shape index (κ3) is 4.28. The Morgan fingerprint density at radius 3 is 2.65 bits per heavy atom. The number of hydrogen-bond donors (Lipinski definition) is 0. The molecule has 0 saturated carbocycles. The highest BCUT2D eigenvalue weighted by atomic mass is 35.5. The molecule has 158 valence electrons. The van der Waals surface area contributed by atoms with Crippen LogP contribution in [0.5, 0.6) is 11.9 Å². The summed E-state index contributed by atoms with van der Waals surface area (Å²) in [5.41, 5.74) is 2.54. The predicted molar refractivity (Wildman–Crippen MR) is 119 cm³/mol. The van der Waals surface area contributed by atoms with E-state index in [9.17, 15) is 4.79 Å². The van der Waals surface area contributed by atoms with Crippen LogP contribution < -0.4 is 14.4 Å². The number of aromatic nitrogens is 4. The van der Waals surface area contributed by atoms with Crippen molar-refractivity contribution in [2.24, 2.45) is 0 Å². The molecule has 0 fully saturated rings. The van der Waals surface area contributed by atoms with Gasteiger partial charge in [0, 0.05) is 12.3 Å². The molecule has 0 aliphatic heterocycles. The molecule has 0 aliphatic rings. The molecule has 0 atom stereocenters. The van der Waals surface area contributed by atoms with Crippen LogP contribution in [0.15, 0.2) is 42.6 Å². The molecule has 0 spiro atoms. The average molecular weight is 456 g/mol. The number of carbonyl (C=O) groups excluding carboxylic acids is 1. The normalized spacial score (nSPS) is 10.8. The molecule has 3 aromatic heterocycles. The van der Waals surface area contributed by atoms with Gasteiger partial charge in [0.1, 0.15) is 5.69 Å². The highest BCUT2D eigenvalue weighted by molar-refractivity contribution is 7.23. The van der Waals surface area contributed by atoms with Crippen molar-refractivity contribution in [2.75, 3.05) is 19.1 Å². The van der Waals surface area contributed by atoms with Crippen molar-refractivity contribution >= 4 is 44.2 Å². The number of methoxy groups -OCH3 is 2. The number of pyridine rings is 1. The molecule has 10 heteroatoms. The standard InChI is InChI=1S/C21H18ClN5O3S/c1-12-7-8-14(22)18-17(12)26-21(31-18)27(11-13-6-4-5-9-23-13)19(28)15-10-16(29-2)25-20(24-15)30-3/h4-10H,11H2,1-3H3. The number of fused-ring (bicyclic) bond motifs is 1. The average Bonchev–Trinajstić information content (AvgIpc) is 3.26. The number of amides is 1. The van der Waals surface area contributed by atoms with E-state index in [1.165, 1.54) is 36.5 Å². The second-order valence-electron chi connectivity index (χ2n) is 6.53. The van der Waals surface area contributed by atoms with Crippen molar-refractivity contribution in [3.63, 3.8) is 0 Å². The minimum Gasteiger partial charge on any atom is -0.481 e. The number of nitrogens with zero attached hydrogens (tertiary/aromatic N) is 5. The molecule has 1 aromatic carbocycles. The number of aryl methyl sites for hydroxylation is 1. The maximum atomic E-state index is 13.6. The molecule has 1 amide bonds. The van der Waals surface area contributed by atoms with Gasteiger partial charge in [0.15, 0.2) is 5.13 Å². The number of anilines is 1. The van der Waals surface area contributed by atoms with Gasteiger partial charge in [-0.1, -0.05) is 35.1 Å². The molecule has 0 radical (unpaired) electrons. The quantitative estimate of drug-likeness (QED) is 0.428. The molecular weight excluding hydrogens is 438 g/mol. The van der Waals surface area contributed by atoms with Crippen LogP contribution in [-0.4, -0.2) is 40.1 Å². The van der Waals surface area contributed by atoms with Gasteiger partial charge in [-0.3, -0.25) is 14.7 Å². The number of thiazole rings is 1. The van der Waals surface area contributed by atoms with Crippen molar-refractivity contribution in [1.82, 2.24) is 19.9 Å². The van der Waals surface area contributed by atoms with Crippen molar-refractivity contribution in [3.05, 3.63) is 64.6 Å². The van der Waals surface area contributed by atoms with Crippen LogP contribution in [0.3, 0.4) is 0 Å². The Hall–Kier alpha value is -3.30. The summed E-state index contributed by atoms with van der Waals surface area (Å²) in [6, 6.07) is 10.7. The minimum atomic E-state index is -0.391. The summed E-state index contributed by atoms with van der Waals surface area (Å²) in [7, 11) is 2.88. The topological polar surface area (TPSA) is 90.3 Å². The minimum absolute atomic E-state index is 0.0312. The smallest absolute Gasteiger partial charge is 0.320 e. The van der Waals surface area contributed by atoms with E-state index in [2.05, 4.69) is 15.0 Å². The van der Waals surface area contributed by atoms with Crippen molar-refractivity contribution < 1.29 is 14.3 Å². The third-order valence-electron chi connectivity index (χ3n) is 4.50.